The summed E-state index contributed by atoms with van der Waals surface area (Å²) < 4.78 is 29.9. The second kappa shape index (κ2) is 7.68. The molecule has 170 valence electrons. The first-order chi connectivity index (χ1) is 14.9. The van der Waals surface area contributed by atoms with Crippen molar-refractivity contribution in [3.8, 4) is 0 Å². The quantitative estimate of drug-likeness (QED) is 0.568. The van der Waals surface area contributed by atoms with Crippen molar-refractivity contribution >= 4 is 40.8 Å². The summed E-state index contributed by atoms with van der Waals surface area (Å²) in [5.41, 5.74) is -1.42. The Hall–Kier alpha value is -2.22. The van der Waals surface area contributed by atoms with Crippen LogP contribution in [0.5, 0.6) is 0 Å². The smallest absolute Gasteiger partial charge is 0.321 e. The largest absolute Gasteiger partial charge is 0.480 e. The minimum atomic E-state index is -1.59. The fraction of sp³-hybridized carbons (Fsp3) is 0.391. The molecular formula is C23H22Cl2F2N2O3. The van der Waals surface area contributed by atoms with Gasteiger partial charge in [0.05, 0.1) is 10.0 Å². The zero-order valence-electron chi connectivity index (χ0n) is 17.6. The molecule has 0 radical (unpaired) electrons. The van der Waals surface area contributed by atoms with Crippen LogP contribution in [0.25, 0.3) is 0 Å². The van der Waals surface area contributed by atoms with E-state index in [4.69, 9.17) is 23.2 Å². The molecule has 2 aromatic carbocycles. The van der Waals surface area contributed by atoms with Gasteiger partial charge in [-0.25, -0.2) is 8.78 Å². The highest BCUT2D eigenvalue weighted by Crippen LogP contribution is 2.57. The Morgan fingerprint density at radius 3 is 2.50 bits per heavy atom. The molecule has 1 saturated heterocycles. The van der Waals surface area contributed by atoms with Crippen LogP contribution in [0.15, 0.2) is 30.3 Å². The Labute approximate surface area is 194 Å². The van der Waals surface area contributed by atoms with Crippen LogP contribution in [0.2, 0.25) is 10.0 Å². The van der Waals surface area contributed by atoms with Crippen molar-refractivity contribution in [2.45, 2.75) is 50.6 Å². The summed E-state index contributed by atoms with van der Waals surface area (Å²) in [6, 6.07) is 4.67. The normalized spacial score (nSPS) is 27.0. The Kier molecular flexibility index (Phi) is 5.51. The molecule has 5 nitrogen and oxygen atoms in total. The lowest BCUT2D eigenvalue weighted by molar-refractivity contribution is -0.139. The molecule has 32 heavy (non-hydrogen) atoms. The fourth-order valence-corrected chi connectivity index (χ4v) is 5.50. The molecule has 0 aromatic heterocycles. The molecular weight excluding hydrogens is 461 g/mol. The Bertz CT molecular complexity index is 1130. The van der Waals surface area contributed by atoms with Gasteiger partial charge in [-0.2, -0.15) is 0 Å². The number of hydrogen-bond donors (Lipinski definition) is 3. The van der Waals surface area contributed by atoms with Gasteiger partial charge in [0.1, 0.15) is 23.1 Å². The van der Waals surface area contributed by atoms with E-state index in [1.165, 1.54) is 24.3 Å². The summed E-state index contributed by atoms with van der Waals surface area (Å²) in [6.07, 6.45) is 0.368. The molecule has 0 aliphatic carbocycles. The second-order valence-corrected chi connectivity index (χ2v) is 10.4. The molecule has 2 aliphatic heterocycles. The van der Waals surface area contributed by atoms with Crippen LogP contribution in [-0.4, -0.2) is 29.1 Å². The molecule has 4 rings (SSSR count). The van der Waals surface area contributed by atoms with E-state index >= 15 is 4.39 Å². The van der Waals surface area contributed by atoms with Gasteiger partial charge in [0.2, 0.25) is 5.91 Å². The molecule has 0 saturated carbocycles. The van der Waals surface area contributed by atoms with Gasteiger partial charge in [0, 0.05) is 17.6 Å². The van der Waals surface area contributed by atoms with E-state index in [1.54, 1.807) is 0 Å². The van der Waals surface area contributed by atoms with Gasteiger partial charge in [-0.3, -0.25) is 14.9 Å². The lowest BCUT2D eigenvalue weighted by atomic mass is 9.62. The highest BCUT2D eigenvalue weighted by molar-refractivity contribution is 6.31. The molecule has 4 atom stereocenters. The highest BCUT2D eigenvalue weighted by atomic mass is 35.5. The summed E-state index contributed by atoms with van der Waals surface area (Å²) in [7, 11) is 0. The zero-order chi connectivity index (χ0) is 23.6. The number of carbonyl (C=O) groups is 2. The van der Waals surface area contributed by atoms with E-state index in [-0.39, 0.29) is 32.3 Å². The molecule has 1 amide bonds. The number of nitrogens with one attached hydrogen (secondary N) is 2. The van der Waals surface area contributed by atoms with Crippen molar-refractivity contribution < 1.29 is 23.5 Å². The van der Waals surface area contributed by atoms with Crippen molar-refractivity contribution in [1.29, 1.82) is 0 Å². The summed E-state index contributed by atoms with van der Waals surface area (Å²) >= 11 is 12.0. The number of anilines is 1. The third-order valence-electron chi connectivity index (χ3n) is 6.28. The predicted octanol–water partition coefficient (Wildman–Crippen LogP) is 5.11. The first-order valence-electron chi connectivity index (χ1n) is 10.1. The number of benzene rings is 2. The summed E-state index contributed by atoms with van der Waals surface area (Å²) in [6.45, 7) is 5.84. The van der Waals surface area contributed by atoms with E-state index < -0.39 is 46.9 Å². The Morgan fingerprint density at radius 1 is 1.19 bits per heavy atom. The molecule has 2 aliphatic rings. The number of rotatable bonds is 3. The standard InChI is InChI=1S/C23H22Cl2F2N2O3/c1-22(2,3)9-16-23(11-7-14(26)13(25)8-15(11)28-21(23)32)17(19(29-16)20(30)31)10-5-4-6-12(24)18(10)27/h4-8,16-17,19,29H,9H2,1-3H3,(H,28,32)(H,30,31)/t16-,17+,19-,23+/m1/s1. The van der Waals surface area contributed by atoms with E-state index in [2.05, 4.69) is 10.6 Å². The van der Waals surface area contributed by atoms with Crippen molar-refractivity contribution in [3.05, 3.63) is 63.1 Å². The molecule has 2 heterocycles. The molecule has 0 bridgehead atoms. The number of amides is 1. The molecule has 3 N–H and O–H groups in total. The van der Waals surface area contributed by atoms with Crippen LogP contribution in [0.1, 0.15) is 44.2 Å². The Balaban J connectivity index is 2.06. The van der Waals surface area contributed by atoms with E-state index in [9.17, 15) is 19.1 Å². The maximum atomic E-state index is 15.3. The number of aliphatic carboxylic acids is 1. The van der Waals surface area contributed by atoms with Crippen LogP contribution < -0.4 is 10.6 Å². The minimum Gasteiger partial charge on any atom is -0.480 e. The van der Waals surface area contributed by atoms with Crippen LogP contribution in [0, 0.1) is 17.0 Å². The number of carbonyl (C=O) groups excluding carboxylic acids is 1. The predicted molar refractivity (Wildman–Crippen MR) is 118 cm³/mol. The fourth-order valence-electron chi connectivity index (χ4n) is 5.15. The monoisotopic (exact) mass is 482 g/mol. The minimum absolute atomic E-state index is 0.0211. The topological polar surface area (TPSA) is 78.4 Å². The summed E-state index contributed by atoms with van der Waals surface area (Å²) in [4.78, 5) is 26.0. The van der Waals surface area contributed by atoms with Gasteiger partial charge in [0.25, 0.3) is 0 Å². The van der Waals surface area contributed by atoms with Gasteiger partial charge < -0.3 is 10.4 Å². The lowest BCUT2D eigenvalue weighted by Gasteiger charge is -2.37. The molecule has 2 aromatic rings. The van der Waals surface area contributed by atoms with Gasteiger partial charge in [0.15, 0.2) is 0 Å². The Morgan fingerprint density at radius 2 is 1.88 bits per heavy atom. The number of hydrogen-bond acceptors (Lipinski definition) is 3. The van der Waals surface area contributed by atoms with E-state index in [0.717, 1.165) is 6.07 Å². The number of halogens is 4. The molecule has 1 fully saturated rings. The van der Waals surface area contributed by atoms with Crippen molar-refractivity contribution in [1.82, 2.24) is 5.32 Å². The zero-order valence-corrected chi connectivity index (χ0v) is 19.1. The molecule has 9 heteroatoms. The number of fused-ring (bicyclic) bond motifs is 2. The average molecular weight is 483 g/mol. The van der Waals surface area contributed by atoms with Gasteiger partial charge >= 0.3 is 5.97 Å². The van der Waals surface area contributed by atoms with Crippen molar-refractivity contribution in [2.24, 2.45) is 5.41 Å². The summed E-state index contributed by atoms with van der Waals surface area (Å²) in [5.74, 6) is -4.53. The lowest BCUT2D eigenvalue weighted by Crippen LogP contribution is -2.49. The van der Waals surface area contributed by atoms with Gasteiger partial charge in [-0.15, -0.1) is 0 Å². The van der Waals surface area contributed by atoms with Crippen LogP contribution >= 0.6 is 23.2 Å². The van der Waals surface area contributed by atoms with Crippen molar-refractivity contribution in [3.63, 3.8) is 0 Å². The van der Waals surface area contributed by atoms with Gasteiger partial charge in [-0.1, -0.05) is 56.1 Å². The second-order valence-electron chi connectivity index (χ2n) is 9.56. The van der Waals surface area contributed by atoms with E-state index in [1.807, 2.05) is 20.8 Å². The number of carboxylic acids is 1. The number of carboxylic acid groups (broad SMARTS) is 1. The SMILES string of the molecule is CC(C)(C)C[C@H]1N[C@@H](C(=O)O)[C@H](c2cccc(Cl)c2F)[C@@]12C(=O)Nc1cc(Cl)c(F)cc12. The van der Waals surface area contributed by atoms with Crippen LogP contribution in [0.4, 0.5) is 14.5 Å². The molecule has 0 unspecified atom stereocenters. The van der Waals surface area contributed by atoms with Crippen LogP contribution in [-0.2, 0) is 15.0 Å². The maximum absolute atomic E-state index is 15.3. The van der Waals surface area contributed by atoms with E-state index in [0.29, 0.717) is 6.42 Å². The maximum Gasteiger partial charge on any atom is 0.321 e. The van der Waals surface area contributed by atoms with Gasteiger partial charge in [-0.05, 0) is 41.2 Å². The first-order valence-corrected chi connectivity index (χ1v) is 10.9. The van der Waals surface area contributed by atoms with Crippen molar-refractivity contribution in [2.75, 3.05) is 5.32 Å². The summed E-state index contributed by atoms with van der Waals surface area (Å²) in [5, 5.41) is 15.5. The average Bonchev–Trinajstić information content (AvgIpc) is 3.14. The third kappa shape index (κ3) is 3.38. The third-order valence-corrected chi connectivity index (χ3v) is 6.86. The van der Waals surface area contributed by atoms with Crippen LogP contribution in [0.3, 0.4) is 0 Å². The highest BCUT2D eigenvalue weighted by Gasteiger charge is 2.66. The molecule has 1 spiro atoms. The first kappa shape index (κ1) is 23.0.